The molecule has 1 heterocycles. The maximum absolute atomic E-state index is 11.5. The third-order valence-corrected chi connectivity index (χ3v) is 3.17. The van der Waals surface area contributed by atoms with Crippen LogP contribution in [0.2, 0.25) is 0 Å². The highest BCUT2D eigenvalue weighted by Gasteiger charge is 2.21. The van der Waals surface area contributed by atoms with E-state index in [-0.39, 0.29) is 12.0 Å². The molecule has 5 nitrogen and oxygen atoms in total. The quantitative estimate of drug-likeness (QED) is 0.850. The van der Waals surface area contributed by atoms with Crippen LogP contribution in [0, 0.1) is 0 Å². The summed E-state index contributed by atoms with van der Waals surface area (Å²) < 4.78 is 11.1. The van der Waals surface area contributed by atoms with Crippen LogP contribution >= 0.6 is 0 Å². The van der Waals surface area contributed by atoms with Gasteiger partial charge in [-0.05, 0) is 26.0 Å². The van der Waals surface area contributed by atoms with Crippen molar-refractivity contribution in [3.05, 3.63) is 23.3 Å². The van der Waals surface area contributed by atoms with Crippen molar-refractivity contribution in [3.63, 3.8) is 0 Å². The number of fused-ring (bicyclic) bond motifs is 1. The van der Waals surface area contributed by atoms with E-state index in [2.05, 4.69) is 5.32 Å². The number of nitrogens with one attached hydrogen (secondary N) is 1. The van der Waals surface area contributed by atoms with Gasteiger partial charge in [-0.1, -0.05) is 0 Å². The van der Waals surface area contributed by atoms with Gasteiger partial charge in [-0.2, -0.15) is 0 Å². The Morgan fingerprint density at radius 3 is 3.00 bits per heavy atom. The molecule has 1 aromatic carbocycles. The summed E-state index contributed by atoms with van der Waals surface area (Å²) in [6.45, 7) is 4.07. The molecule has 0 radical (unpaired) electrons. The maximum Gasteiger partial charge on any atom is 0.236 e. The van der Waals surface area contributed by atoms with Gasteiger partial charge < -0.3 is 20.5 Å². The number of hydrogen-bond donors (Lipinski definition) is 2. The first-order valence-corrected chi connectivity index (χ1v) is 6.41. The SMILES string of the molecule is COc1cc2c(cc1CNC(=O)C(C)N)OC(C)C2. The highest BCUT2D eigenvalue weighted by atomic mass is 16.5. The van der Waals surface area contributed by atoms with Gasteiger partial charge in [0.25, 0.3) is 0 Å². The van der Waals surface area contributed by atoms with Gasteiger partial charge in [0.2, 0.25) is 5.91 Å². The summed E-state index contributed by atoms with van der Waals surface area (Å²) in [5.74, 6) is 1.46. The average molecular weight is 264 g/mol. The highest BCUT2D eigenvalue weighted by molar-refractivity contribution is 5.81. The summed E-state index contributed by atoms with van der Waals surface area (Å²) in [7, 11) is 1.62. The van der Waals surface area contributed by atoms with E-state index in [0.29, 0.717) is 6.54 Å². The van der Waals surface area contributed by atoms with Crippen LogP contribution in [0.25, 0.3) is 0 Å². The molecule has 1 aromatic rings. The fourth-order valence-corrected chi connectivity index (χ4v) is 2.15. The first-order valence-electron chi connectivity index (χ1n) is 6.41. The topological polar surface area (TPSA) is 73.6 Å². The molecule has 2 atom stereocenters. The Hall–Kier alpha value is -1.75. The van der Waals surface area contributed by atoms with Gasteiger partial charge in [0, 0.05) is 24.1 Å². The van der Waals surface area contributed by atoms with Gasteiger partial charge in [0.1, 0.15) is 17.6 Å². The smallest absolute Gasteiger partial charge is 0.236 e. The van der Waals surface area contributed by atoms with Crippen molar-refractivity contribution in [1.82, 2.24) is 5.32 Å². The Labute approximate surface area is 113 Å². The minimum atomic E-state index is -0.517. The minimum Gasteiger partial charge on any atom is -0.496 e. The third-order valence-electron chi connectivity index (χ3n) is 3.17. The van der Waals surface area contributed by atoms with Crippen molar-refractivity contribution in [1.29, 1.82) is 0 Å². The molecule has 1 amide bonds. The Morgan fingerprint density at radius 2 is 2.37 bits per heavy atom. The molecule has 2 unspecified atom stereocenters. The highest BCUT2D eigenvalue weighted by Crippen LogP contribution is 2.34. The number of nitrogens with two attached hydrogens (primary N) is 1. The van der Waals surface area contributed by atoms with E-state index in [1.807, 2.05) is 19.1 Å². The van der Waals surface area contributed by atoms with Gasteiger partial charge in [-0.15, -0.1) is 0 Å². The number of methoxy groups -OCH3 is 1. The van der Waals surface area contributed by atoms with Crippen LogP contribution in [0.5, 0.6) is 11.5 Å². The van der Waals surface area contributed by atoms with Crippen LogP contribution in [0.3, 0.4) is 0 Å². The largest absolute Gasteiger partial charge is 0.496 e. The van der Waals surface area contributed by atoms with Crippen LogP contribution in [0.4, 0.5) is 0 Å². The molecule has 2 rings (SSSR count). The van der Waals surface area contributed by atoms with E-state index < -0.39 is 6.04 Å². The molecular formula is C14H20N2O3. The number of carbonyl (C=O) groups is 1. The van der Waals surface area contributed by atoms with E-state index in [4.69, 9.17) is 15.2 Å². The van der Waals surface area contributed by atoms with E-state index in [9.17, 15) is 4.79 Å². The van der Waals surface area contributed by atoms with Crippen LogP contribution < -0.4 is 20.5 Å². The van der Waals surface area contributed by atoms with Crippen molar-refractivity contribution in [3.8, 4) is 11.5 Å². The lowest BCUT2D eigenvalue weighted by Gasteiger charge is -2.13. The second-order valence-electron chi connectivity index (χ2n) is 4.91. The lowest BCUT2D eigenvalue weighted by molar-refractivity contribution is -0.122. The van der Waals surface area contributed by atoms with Crippen molar-refractivity contribution in [2.24, 2.45) is 5.73 Å². The Balaban J connectivity index is 2.16. The average Bonchev–Trinajstić information content (AvgIpc) is 2.73. The minimum absolute atomic E-state index is 0.183. The normalized spacial score (nSPS) is 18.4. The number of ether oxygens (including phenoxy) is 2. The predicted molar refractivity (Wildman–Crippen MR) is 72.3 cm³/mol. The van der Waals surface area contributed by atoms with Gasteiger partial charge in [0.05, 0.1) is 13.2 Å². The number of benzene rings is 1. The van der Waals surface area contributed by atoms with E-state index in [0.717, 1.165) is 29.0 Å². The molecule has 104 valence electrons. The number of amides is 1. The molecule has 1 aliphatic rings. The molecule has 0 aliphatic carbocycles. The fourth-order valence-electron chi connectivity index (χ4n) is 2.15. The Morgan fingerprint density at radius 1 is 1.63 bits per heavy atom. The zero-order valence-electron chi connectivity index (χ0n) is 11.5. The van der Waals surface area contributed by atoms with E-state index >= 15 is 0 Å². The molecule has 3 N–H and O–H groups in total. The van der Waals surface area contributed by atoms with E-state index in [1.165, 1.54) is 0 Å². The second kappa shape index (κ2) is 5.48. The van der Waals surface area contributed by atoms with Crippen molar-refractivity contribution in [2.75, 3.05) is 7.11 Å². The van der Waals surface area contributed by atoms with Gasteiger partial charge in [-0.3, -0.25) is 4.79 Å². The van der Waals surface area contributed by atoms with Crippen LogP contribution in [-0.4, -0.2) is 25.2 Å². The van der Waals surface area contributed by atoms with Crippen LogP contribution in [-0.2, 0) is 17.8 Å². The van der Waals surface area contributed by atoms with Gasteiger partial charge in [0.15, 0.2) is 0 Å². The van der Waals surface area contributed by atoms with Crippen LogP contribution in [0.1, 0.15) is 25.0 Å². The van der Waals surface area contributed by atoms with Crippen LogP contribution in [0.15, 0.2) is 12.1 Å². The molecule has 1 aliphatic heterocycles. The Bertz CT molecular complexity index is 486. The molecule has 0 spiro atoms. The Kier molecular flexibility index (Phi) is 3.95. The summed E-state index contributed by atoms with van der Waals surface area (Å²) in [5.41, 5.74) is 7.55. The predicted octanol–water partition coefficient (Wildman–Crippen LogP) is 0.982. The molecule has 0 aromatic heterocycles. The molecule has 0 fully saturated rings. The van der Waals surface area contributed by atoms with E-state index in [1.54, 1.807) is 14.0 Å². The van der Waals surface area contributed by atoms with Crippen molar-refractivity contribution in [2.45, 2.75) is 39.0 Å². The summed E-state index contributed by atoms with van der Waals surface area (Å²) in [5, 5.41) is 2.78. The molecule has 19 heavy (non-hydrogen) atoms. The lowest BCUT2D eigenvalue weighted by atomic mass is 10.1. The van der Waals surface area contributed by atoms with Gasteiger partial charge >= 0.3 is 0 Å². The molecule has 0 bridgehead atoms. The van der Waals surface area contributed by atoms with Crippen molar-refractivity contribution < 1.29 is 14.3 Å². The molecule has 0 saturated carbocycles. The fraction of sp³-hybridized carbons (Fsp3) is 0.500. The standard InChI is InChI=1S/C14H20N2O3/c1-8-4-10-5-12(18-3)11(6-13(10)19-8)7-16-14(17)9(2)15/h5-6,8-9H,4,7,15H2,1-3H3,(H,16,17). The number of hydrogen-bond acceptors (Lipinski definition) is 4. The summed E-state index contributed by atoms with van der Waals surface area (Å²) in [6.07, 6.45) is 1.08. The summed E-state index contributed by atoms with van der Waals surface area (Å²) in [4.78, 5) is 11.5. The maximum atomic E-state index is 11.5. The zero-order valence-corrected chi connectivity index (χ0v) is 11.5. The second-order valence-corrected chi connectivity index (χ2v) is 4.91. The third kappa shape index (κ3) is 2.98. The molecular weight excluding hydrogens is 244 g/mol. The number of carbonyl (C=O) groups excluding carboxylic acids is 1. The summed E-state index contributed by atoms with van der Waals surface area (Å²) in [6, 6.07) is 3.39. The first-order chi connectivity index (χ1) is 9.01. The summed E-state index contributed by atoms with van der Waals surface area (Å²) >= 11 is 0. The number of rotatable bonds is 4. The van der Waals surface area contributed by atoms with Gasteiger partial charge in [-0.25, -0.2) is 0 Å². The lowest BCUT2D eigenvalue weighted by Crippen LogP contribution is -2.37. The zero-order chi connectivity index (χ0) is 14.0. The molecule has 5 heteroatoms. The molecule has 0 saturated heterocycles. The monoisotopic (exact) mass is 264 g/mol. The first kappa shape index (κ1) is 13.7. The van der Waals surface area contributed by atoms with Crippen molar-refractivity contribution >= 4 is 5.91 Å².